The van der Waals surface area contributed by atoms with Gasteiger partial charge in [-0.25, -0.2) is 0 Å². The van der Waals surface area contributed by atoms with E-state index in [0.717, 1.165) is 33.7 Å². The molecule has 0 aliphatic carbocycles. The van der Waals surface area contributed by atoms with Gasteiger partial charge in [0.15, 0.2) is 0 Å². The average molecular weight is 343 g/mol. The lowest BCUT2D eigenvalue weighted by molar-refractivity contribution is 0.625. The van der Waals surface area contributed by atoms with Crippen LogP contribution in [0.2, 0.25) is 5.02 Å². The third-order valence-electron chi connectivity index (χ3n) is 3.00. The minimum absolute atomic E-state index is 0.121. The molecular weight excluding hydrogens is 326 g/mol. The van der Waals surface area contributed by atoms with Crippen LogP contribution in [0.4, 0.5) is 0 Å². The van der Waals surface area contributed by atoms with Crippen molar-refractivity contribution in [3.63, 3.8) is 0 Å². The van der Waals surface area contributed by atoms with E-state index in [-0.39, 0.29) is 6.04 Å². The number of nitrogens with zero attached hydrogens (tertiary/aromatic N) is 2. The Morgan fingerprint density at radius 1 is 1.37 bits per heavy atom. The summed E-state index contributed by atoms with van der Waals surface area (Å²) in [5.74, 6) is 0. The van der Waals surface area contributed by atoms with Gasteiger partial charge in [0.1, 0.15) is 0 Å². The summed E-state index contributed by atoms with van der Waals surface area (Å²) in [5.41, 5.74) is 2.30. The lowest BCUT2D eigenvalue weighted by Crippen LogP contribution is -2.21. The molecule has 0 spiro atoms. The molecule has 102 valence electrons. The zero-order valence-electron chi connectivity index (χ0n) is 11.0. The van der Waals surface area contributed by atoms with Gasteiger partial charge in [-0.2, -0.15) is 5.10 Å². The Balaban J connectivity index is 2.35. The van der Waals surface area contributed by atoms with E-state index in [2.05, 4.69) is 52.5 Å². The highest BCUT2D eigenvalue weighted by atomic mass is 79.9. The van der Waals surface area contributed by atoms with Gasteiger partial charge in [0.05, 0.1) is 17.3 Å². The Hall–Kier alpha value is -0.840. The third-order valence-corrected chi connectivity index (χ3v) is 4.23. The predicted molar refractivity (Wildman–Crippen MR) is 82.6 cm³/mol. The minimum Gasteiger partial charge on any atom is -0.306 e. The van der Waals surface area contributed by atoms with Crippen LogP contribution in [0, 0.1) is 0 Å². The molecular formula is C14H17BrClN3. The van der Waals surface area contributed by atoms with Gasteiger partial charge in [0.25, 0.3) is 0 Å². The Morgan fingerprint density at radius 3 is 2.74 bits per heavy atom. The lowest BCUT2D eigenvalue weighted by Gasteiger charge is -2.17. The molecule has 0 aliphatic rings. The van der Waals surface area contributed by atoms with Crippen LogP contribution in [0.3, 0.4) is 0 Å². The molecule has 1 heterocycles. The van der Waals surface area contributed by atoms with Crippen LogP contribution in [0.1, 0.15) is 31.0 Å². The van der Waals surface area contributed by atoms with Crippen LogP contribution in [0.5, 0.6) is 0 Å². The third kappa shape index (κ3) is 3.38. The van der Waals surface area contributed by atoms with Crippen LogP contribution < -0.4 is 5.32 Å². The van der Waals surface area contributed by atoms with Gasteiger partial charge in [-0.05, 0) is 47.1 Å². The molecule has 1 unspecified atom stereocenters. The van der Waals surface area contributed by atoms with Crippen LogP contribution >= 0.6 is 27.5 Å². The van der Waals surface area contributed by atoms with Crippen molar-refractivity contribution in [3.05, 3.63) is 51.2 Å². The van der Waals surface area contributed by atoms with E-state index in [4.69, 9.17) is 11.6 Å². The SMILES string of the molecule is CCNC(c1ccc(Br)c(Cl)c1)c1cnn(CC)c1. The van der Waals surface area contributed by atoms with Crippen LogP contribution in [0.15, 0.2) is 35.1 Å². The fraction of sp³-hybridized carbons (Fsp3) is 0.357. The molecule has 2 rings (SSSR count). The fourth-order valence-corrected chi connectivity index (χ4v) is 2.46. The van der Waals surface area contributed by atoms with Gasteiger partial charge < -0.3 is 5.32 Å². The van der Waals surface area contributed by atoms with Crippen molar-refractivity contribution in [2.75, 3.05) is 6.54 Å². The molecule has 0 bridgehead atoms. The van der Waals surface area contributed by atoms with E-state index < -0.39 is 0 Å². The summed E-state index contributed by atoms with van der Waals surface area (Å²) in [5, 5.41) is 8.54. The van der Waals surface area contributed by atoms with Gasteiger partial charge in [-0.15, -0.1) is 0 Å². The maximum atomic E-state index is 6.18. The number of hydrogen-bond donors (Lipinski definition) is 1. The van der Waals surface area contributed by atoms with E-state index in [1.54, 1.807) is 0 Å². The first-order valence-electron chi connectivity index (χ1n) is 6.36. The fourth-order valence-electron chi connectivity index (χ4n) is 2.03. The summed E-state index contributed by atoms with van der Waals surface area (Å²) >= 11 is 9.60. The number of halogens is 2. The second kappa shape index (κ2) is 6.55. The molecule has 3 nitrogen and oxygen atoms in total. The first-order valence-corrected chi connectivity index (χ1v) is 7.53. The molecule has 1 N–H and O–H groups in total. The standard InChI is InChI=1S/C14H17BrClN3/c1-3-17-14(11-8-18-19(4-2)9-11)10-5-6-12(15)13(16)7-10/h5-9,14,17H,3-4H2,1-2H3. The molecule has 1 atom stereocenters. The van der Waals surface area contributed by atoms with Crippen molar-refractivity contribution in [3.8, 4) is 0 Å². The maximum Gasteiger partial charge on any atom is 0.0608 e. The molecule has 2 aromatic rings. The Kier molecular flexibility index (Phi) is 5.02. The normalized spacial score (nSPS) is 12.6. The molecule has 0 saturated carbocycles. The number of aryl methyl sites for hydroxylation is 1. The summed E-state index contributed by atoms with van der Waals surface area (Å²) in [6.45, 7) is 5.93. The molecule has 1 aromatic heterocycles. The van der Waals surface area contributed by atoms with E-state index in [1.165, 1.54) is 0 Å². The molecule has 1 aromatic carbocycles. The van der Waals surface area contributed by atoms with Crippen LogP contribution in [0.25, 0.3) is 0 Å². The number of aromatic nitrogens is 2. The first kappa shape index (κ1) is 14.6. The van der Waals surface area contributed by atoms with E-state index in [0.29, 0.717) is 0 Å². The molecule has 0 radical (unpaired) electrons. The van der Waals surface area contributed by atoms with Gasteiger partial charge in [0, 0.05) is 22.8 Å². The molecule has 19 heavy (non-hydrogen) atoms. The highest BCUT2D eigenvalue weighted by Crippen LogP contribution is 2.29. The molecule has 0 amide bonds. The summed E-state index contributed by atoms with van der Waals surface area (Å²) < 4.78 is 2.84. The second-order valence-corrected chi connectivity index (χ2v) is 5.56. The average Bonchev–Trinajstić information content (AvgIpc) is 2.88. The van der Waals surface area contributed by atoms with E-state index in [9.17, 15) is 0 Å². The molecule has 0 saturated heterocycles. The Morgan fingerprint density at radius 2 is 2.16 bits per heavy atom. The maximum absolute atomic E-state index is 6.18. The van der Waals surface area contributed by atoms with Gasteiger partial charge in [-0.1, -0.05) is 24.6 Å². The predicted octanol–water partition coefficient (Wildman–Crippen LogP) is 4.02. The first-order chi connectivity index (χ1) is 9.15. The minimum atomic E-state index is 0.121. The summed E-state index contributed by atoms with van der Waals surface area (Å²) in [6.07, 6.45) is 3.98. The Labute approximate surface area is 127 Å². The van der Waals surface area contributed by atoms with Gasteiger partial charge in [0.2, 0.25) is 0 Å². The largest absolute Gasteiger partial charge is 0.306 e. The van der Waals surface area contributed by atoms with Crippen LogP contribution in [-0.2, 0) is 6.54 Å². The Bertz CT molecular complexity index is 553. The van der Waals surface area contributed by atoms with Crippen molar-refractivity contribution >= 4 is 27.5 Å². The number of hydrogen-bond acceptors (Lipinski definition) is 2. The summed E-state index contributed by atoms with van der Waals surface area (Å²) in [7, 11) is 0. The van der Waals surface area contributed by atoms with E-state index >= 15 is 0 Å². The summed E-state index contributed by atoms with van der Waals surface area (Å²) in [4.78, 5) is 0. The number of rotatable bonds is 5. The zero-order chi connectivity index (χ0) is 13.8. The smallest absolute Gasteiger partial charge is 0.0608 e. The molecule has 0 fully saturated rings. The molecule has 5 heteroatoms. The van der Waals surface area contributed by atoms with Crippen molar-refractivity contribution < 1.29 is 0 Å². The summed E-state index contributed by atoms with van der Waals surface area (Å²) in [6, 6.07) is 6.16. The van der Waals surface area contributed by atoms with Crippen LogP contribution in [-0.4, -0.2) is 16.3 Å². The number of benzene rings is 1. The van der Waals surface area contributed by atoms with Crippen molar-refractivity contribution in [2.45, 2.75) is 26.4 Å². The monoisotopic (exact) mass is 341 g/mol. The second-order valence-electron chi connectivity index (χ2n) is 4.29. The quantitative estimate of drug-likeness (QED) is 0.889. The molecule has 0 aliphatic heterocycles. The van der Waals surface area contributed by atoms with Gasteiger partial charge in [-0.3, -0.25) is 4.68 Å². The van der Waals surface area contributed by atoms with E-state index in [1.807, 2.05) is 23.0 Å². The number of nitrogens with one attached hydrogen (secondary N) is 1. The van der Waals surface area contributed by atoms with Crippen molar-refractivity contribution in [1.82, 2.24) is 15.1 Å². The highest BCUT2D eigenvalue weighted by Gasteiger charge is 2.15. The lowest BCUT2D eigenvalue weighted by atomic mass is 10.0. The zero-order valence-corrected chi connectivity index (χ0v) is 13.4. The van der Waals surface area contributed by atoms with Gasteiger partial charge >= 0.3 is 0 Å². The topological polar surface area (TPSA) is 29.9 Å². The highest BCUT2D eigenvalue weighted by molar-refractivity contribution is 9.10. The van der Waals surface area contributed by atoms with Crippen molar-refractivity contribution in [1.29, 1.82) is 0 Å². The van der Waals surface area contributed by atoms with Crippen molar-refractivity contribution in [2.24, 2.45) is 0 Å².